The Bertz CT molecular complexity index is 277. The van der Waals surface area contributed by atoms with Gasteiger partial charge in [-0.2, -0.15) is 0 Å². The number of esters is 1. The van der Waals surface area contributed by atoms with Crippen molar-refractivity contribution in [3.63, 3.8) is 0 Å². The average molecular weight is 244 g/mol. The van der Waals surface area contributed by atoms with E-state index >= 15 is 0 Å². The SMILES string of the molecule is CCC(C)(C)N(C)CC(NC(C)=O)C(=O)OC. The second-order valence-electron chi connectivity index (χ2n) is 4.82. The molecular formula is C12H24N2O3. The van der Waals surface area contributed by atoms with Gasteiger partial charge >= 0.3 is 5.97 Å². The fourth-order valence-corrected chi connectivity index (χ4v) is 1.36. The molecule has 1 unspecified atom stereocenters. The van der Waals surface area contributed by atoms with Crippen LogP contribution in [0.5, 0.6) is 0 Å². The lowest BCUT2D eigenvalue weighted by molar-refractivity contribution is -0.145. The number of hydrogen-bond acceptors (Lipinski definition) is 4. The van der Waals surface area contributed by atoms with Crippen LogP contribution in [0.25, 0.3) is 0 Å². The summed E-state index contributed by atoms with van der Waals surface area (Å²) in [6.07, 6.45) is 0.956. The van der Waals surface area contributed by atoms with E-state index in [-0.39, 0.29) is 11.4 Å². The van der Waals surface area contributed by atoms with Crippen molar-refractivity contribution >= 4 is 11.9 Å². The zero-order chi connectivity index (χ0) is 13.6. The highest BCUT2D eigenvalue weighted by Crippen LogP contribution is 2.16. The van der Waals surface area contributed by atoms with Crippen molar-refractivity contribution < 1.29 is 14.3 Å². The summed E-state index contributed by atoms with van der Waals surface area (Å²) in [5.74, 6) is -0.651. The van der Waals surface area contributed by atoms with Gasteiger partial charge in [0.1, 0.15) is 6.04 Å². The number of rotatable bonds is 6. The Morgan fingerprint density at radius 1 is 1.41 bits per heavy atom. The molecule has 0 aliphatic heterocycles. The van der Waals surface area contributed by atoms with E-state index in [9.17, 15) is 9.59 Å². The Hall–Kier alpha value is -1.10. The minimum absolute atomic E-state index is 0.0231. The molecule has 0 aromatic heterocycles. The smallest absolute Gasteiger partial charge is 0.329 e. The summed E-state index contributed by atoms with van der Waals surface area (Å²) in [5.41, 5.74) is -0.0231. The normalized spacial score (nSPS) is 13.4. The molecule has 0 rings (SSSR count). The zero-order valence-electron chi connectivity index (χ0n) is 11.7. The minimum Gasteiger partial charge on any atom is -0.467 e. The molecule has 1 N–H and O–H groups in total. The van der Waals surface area contributed by atoms with E-state index in [1.54, 1.807) is 0 Å². The third-order valence-corrected chi connectivity index (χ3v) is 3.22. The molecule has 0 aliphatic carbocycles. The quantitative estimate of drug-likeness (QED) is 0.702. The third kappa shape index (κ3) is 5.17. The van der Waals surface area contributed by atoms with Gasteiger partial charge in [0.2, 0.25) is 5.91 Å². The van der Waals surface area contributed by atoms with Crippen molar-refractivity contribution in [1.82, 2.24) is 10.2 Å². The average Bonchev–Trinajstić information content (AvgIpc) is 2.26. The zero-order valence-corrected chi connectivity index (χ0v) is 11.7. The Kier molecular flexibility index (Phi) is 6.16. The van der Waals surface area contributed by atoms with Gasteiger partial charge in [-0.15, -0.1) is 0 Å². The highest BCUT2D eigenvalue weighted by Gasteiger charge is 2.28. The minimum atomic E-state index is -0.617. The van der Waals surface area contributed by atoms with Gasteiger partial charge in [0.05, 0.1) is 7.11 Å². The molecule has 0 saturated heterocycles. The molecule has 0 aliphatic rings. The van der Waals surface area contributed by atoms with Crippen LogP contribution in [0.1, 0.15) is 34.1 Å². The van der Waals surface area contributed by atoms with Gasteiger partial charge in [0.25, 0.3) is 0 Å². The lowest BCUT2D eigenvalue weighted by Crippen LogP contribution is -2.52. The van der Waals surface area contributed by atoms with Crippen molar-refractivity contribution in [2.45, 2.75) is 45.7 Å². The first-order valence-corrected chi connectivity index (χ1v) is 5.80. The predicted octanol–water partition coefficient (Wildman–Crippen LogP) is 0.785. The number of nitrogens with zero attached hydrogens (tertiary/aromatic N) is 1. The van der Waals surface area contributed by atoms with Crippen LogP contribution in [0.4, 0.5) is 0 Å². The van der Waals surface area contributed by atoms with E-state index in [0.717, 1.165) is 6.42 Å². The highest BCUT2D eigenvalue weighted by atomic mass is 16.5. The van der Waals surface area contributed by atoms with Crippen molar-refractivity contribution in [2.75, 3.05) is 20.7 Å². The summed E-state index contributed by atoms with van der Waals surface area (Å²) in [4.78, 5) is 24.6. The number of ether oxygens (including phenoxy) is 1. The monoisotopic (exact) mass is 244 g/mol. The summed E-state index contributed by atoms with van der Waals surface area (Å²) in [5, 5.41) is 2.60. The van der Waals surface area contributed by atoms with Crippen LogP contribution in [0, 0.1) is 0 Å². The van der Waals surface area contributed by atoms with Crippen molar-refractivity contribution in [3.8, 4) is 0 Å². The van der Waals surface area contributed by atoms with Gasteiger partial charge in [0, 0.05) is 19.0 Å². The van der Waals surface area contributed by atoms with E-state index in [1.807, 2.05) is 11.9 Å². The molecule has 0 bridgehead atoms. The summed E-state index contributed by atoms with van der Waals surface area (Å²) >= 11 is 0. The van der Waals surface area contributed by atoms with Gasteiger partial charge in [-0.05, 0) is 27.3 Å². The van der Waals surface area contributed by atoms with Crippen LogP contribution in [0.3, 0.4) is 0 Å². The molecular weight excluding hydrogens is 220 g/mol. The molecule has 0 fully saturated rings. The number of methoxy groups -OCH3 is 1. The standard InChI is InChI=1S/C12H24N2O3/c1-7-12(3,4)14(5)8-10(11(16)17-6)13-9(2)15/h10H,7-8H2,1-6H3,(H,13,15). The van der Waals surface area contributed by atoms with Gasteiger partial charge in [-0.1, -0.05) is 6.92 Å². The Labute approximate surface area is 103 Å². The molecule has 0 radical (unpaired) electrons. The fourth-order valence-electron chi connectivity index (χ4n) is 1.36. The number of nitrogens with one attached hydrogen (secondary N) is 1. The molecule has 0 aromatic carbocycles. The lowest BCUT2D eigenvalue weighted by Gasteiger charge is -2.36. The van der Waals surface area contributed by atoms with Crippen LogP contribution < -0.4 is 5.32 Å². The maximum atomic E-state index is 11.5. The number of likely N-dealkylation sites (N-methyl/N-ethyl adjacent to an activating group) is 1. The molecule has 0 saturated carbocycles. The summed E-state index contributed by atoms with van der Waals surface area (Å²) in [6.45, 7) is 8.10. The van der Waals surface area contributed by atoms with Crippen molar-refractivity contribution in [1.29, 1.82) is 0 Å². The first-order valence-electron chi connectivity index (χ1n) is 5.80. The van der Waals surface area contributed by atoms with Crippen LogP contribution in [-0.2, 0) is 14.3 Å². The summed E-state index contributed by atoms with van der Waals surface area (Å²) in [7, 11) is 3.25. The summed E-state index contributed by atoms with van der Waals surface area (Å²) < 4.78 is 4.68. The van der Waals surface area contributed by atoms with Crippen LogP contribution >= 0.6 is 0 Å². The molecule has 17 heavy (non-hydrogen) atoms. The Balaban J connectivity index is 4.63. The van der Waals surface area contributed by atoms with Crippen LogP contribution in [-0.4, -0.2) is 49.1 Å². The largest absolute Gasteiger partial charge is 0.467 e. The molecule has 5 heteroatoms. The van der Waals surface area contributed by atoms with Gasteiger partial charge in [0.15, 0.2) is 0 Å². The maximum Gasteiger partial charge on any atom is 0.329 e. The topological polar surface area (TPSA) is 58.6 Å². The van der Waals surface area contributed by atoms with Gasteiger partial charge in [-0.3, -0.25) is 9.69 Å². The number of hydrogen-bond donors (Lipinski definition) is 1. The van der Waals surface area contributed by atoms with Crippen LogP contribution in [0.2, 0.25) is 0 Å². The molecule has 5 nitrogen and oxygen atoms in total. The third-order valence-electron chi connectivity index (χ3n) is 3.22. The second kappa shape index (κ2) is 6.59. The maximum absolute atomic E-state index is 11.5. The van der Waals surface area contributed by atoms with E-state index in [1.165, 1.54) is 14.0 Å². The Morgan fingerprint density at radius 3 is 2.29 bits per heavy atom. The fraction of sp³-hybridized carbons (Fsp3) is 0.833. The first-order chi connectivity index (χ1) is 7.74. The Morgan fingerprint density at radius 2 is 1.94 bits per heavy atom. The molecule has 0 spiro atoms. The predicted molar refractivity (Wildman–Crippen MR) is 66.6 cm³/mol. The van der Waals surface area contributed by atoms with Crippen molar-refractivity contribution in [3.05, 3.63) is 0 Å². The molecule has 0 aromatic rings. The van der Waals surface area contributed by atoms with E-state index < -0.39 is 12.0 Å². The van der Waals surface area contributed by atoms with Crippen LogP contribution in [0.15, 0.2) is 0 Å². The van der Waals surface area contributed by atoms with Gasteiger partial charge in [-0.25, -0.2) is 4.79 Å². The first kappa shape index (κ1) is 15.9. The van der Waals surface area contributed by atoms with E-state index in [2.05, 4.69) is 30.8 Å². The second-order valence-corrected chi connectivity index (χ2v) is 4.82. The number of amides is 1. The van der Waals surface area contributed by atoms with E-state index in [4.69, 9.17) is 0 Å². The number of carbonyl (C=O) groups excluding carboxylic acids is 2. The number of carbonyl (C=O) groups is 2. The molecule has 100 valence electrons. The molecule has 0 heterocycles. The molecule has 1 amide bonds. The van der Waals surface area contributed by atoms with Crippen molar-refractivity contribution in [2.24, 2.45) is 0 Å². The van der Waals surface area contributed by atoms with E-state index in [0.29, 0.717) is 6.54 Å². The lowest BCUT2D eigenvalue weighted by atomic mass is 9.99. The highest BCUT2D eigenvalue weighted by molar-refractivity contribution is 5.83. The molecule has 1 atom stereocenters. The van der Waals surface area contributed by atoms with Gasteiger partial charge < -0.3 is 10.1 Å². The summed E-state index contributed by atoms with van der Waals surface area (Å²) in [6, 6.07) is -0.617.